The van der Waals surface area contributed by atoms with Gasteiger partial charge in [-0.15, -0.1) is 0 Å². The molecule has 1 aliphatic heterocycles. The van der Waals surface area contributed by atoms with Gasteiger partial charge in [0.25, 0.3) is 0 Å². The normalized spacial score (nSPS) is 18.9. The molecule has 2 fully saturated rings. The van der Waals surface area contributed by atoms with E-state index in [1.807, 2.05) is 24.0 Å². The Hall–Kier alpha value is -2.41. The van der Waals surface area contributed by atoms with Crippen molar-refractivity contribution in [2.24, 2.45) is 5.92 Å². The number of carbonyl (C=O) groups is 2. The molecule has 0 spiro atoms. The Balaban J connectivity index is 1.41. The topological polar surface area (TPSA) is 79.5 Å². The molecule has 1 aliphatic carbocycles. The molecule has 0 radical (unpaired) electrons. The Morgan fingerprint density at radius 2 is 1.85 bits per heavy atom. The van der Waals surface area contributed by atoms with Crippen LogP contribution in [0.25, 0.3) is 11.4 Å². The Morgan fingerprint density at radius 1 is 1.12 bits per heavy atom. The highest BCUT2D eigenvalue weighted by Crippen LogP contribution is 2.32. The van der Waals surface area contributed by atoms with E-state index in [1.54, 1.807) is 17.0 Å². The summed E-state index contributed by atoms with van der Waals surface area (Å²) in [6.07, 6.45) is 10.0. The molecular weight excluding hydrogens is 452 g/mol. The molecule has 34 heavy (non-hydrogen) atoms. The van der Waals surface area contributed by atoms with Crippen molar-refractivity contribution in [2.45, 2.75) is 77.2 Å². The van der Waals surface area contributed by atoms with Crippen molar-refractivity contribution >= 4 is 23.4 Å². The van der Waals surface area contributed by atoms with Gasteiger partial charge in [0.15, 0.2) is 0 Å². The first-order chi connectivity index (χ1) is 16.5. The third kappa shape index (κ3) is 6.17. The average Bonchev–Trinajstić information content (AvgIpc) is 3.55. The minimum absolute atomic E-state index is 0.0430. The molecule has 184 valence electrons. The predicted molar refractivity (Wildman–Crippen MR) is 131 cm³/mol. The summed E-state index contributed by atoms with van der Waals surface area (Å²) in [5, 5.41) is 4.78. The number of hydrogen-bond donors (Lipinski definition) is 0. The first-order valence-corrected chi connectivity index (χ1v) is 13.1. The largest absolute Gasteiger partial charge is 0.337 e. The second-order valence-corrected chi connectivity index (χ2v) is 10.0. The van der Waals surface area contributed by atoms with Gasteiger partial charge in [-0.3, -0.25) is 9.59 Å². The number of carbonyl (C=O) groups excluding carboxylic acids is 2. The van der Waals surface area contributed by atoms with E-state index in [4.69, 9.17) is 16.1 Å². The lowest BCUT2D eigenvalue weighted by Gasteiger charge is -2.35. The van der Waals surface area contributed by atoms with Crippen molar-refractivity contribution in [1.29, 1.82) is 0 Å². The van der Waals surface area contributed by atoms with Crippen molar-refractivity contribution in [3.63, 3.8) is 0 Å². The third-order valence-corrected chi connectivity index (χ3v) is 7.32. The summed E-state index contributed by atoms with van der Waals surface area (Å²) in [4.78, 5) is 34.5. The molecule has 1 saturated heterocycles. The van der Waals surface area contributed by atoms with Crippen LogP contribution in [0.2, 0.25) is 5.02 Å². The number of benzene rings is 1. The van der Waals surface area contributed by atoms with Gasteiger partial charge in [0.05, 0.1) is 6.54 Å². The van der Waals surface area contributed by atoms with Crippen LogP contribution in [0.1, 0.15) is 83.1 Å². The molecular formula is C26H35ClN4O3. The van der Waals surface area contributed by atoms with Gasteiger partial charge in [0.1, 0.15) is 6.04 Å². The third-order valence-electron chi connectivity index (χ3n) is 7.07. The molecule has 2 aromatic rings. The second kappa shape index (κ2) is 11.8. The summed E-state index contributed by atoms with van der Waals surface area (Å²) in [7, 11) is 0. The molecule has 2 aliphatic rings. The maximum Gasteiger partial charge on any atom is 0.249 e. The van der Waals surface area contributed by atoms with E-state index in [0.29, 0.717) is 42.2 Å². The predicted octanol–water partition coefficient (Wildman–Crippen LogP) is 5.65. The fourth-order valence-corrected chi connectivity index (χ4v) is 5.30. The summed E-state index contributed by atoms with van der Waals surface area (Å²) in [5.74, 6) is 1.66. The molecule has 1 saturated carbocycles. The summed E-state index contributed by atoms with van der Waals surface area (Å²) < 4.78 is 5.60. The van der Waals surface area contributed by atoms with Crippen LogP contribution < -0.4 is 0 Å². The maximum absolute atomic E-state index is 13.4. The SMILES string of the molecule is CCCN(CC(=O)N1CCCCC1c1nc(-c2ccc(Cl)cc2)no1)C(=O)CCC1CCCC1. The van der Waals surface area contributed by atoms with Crippen LogP contribution in [0.5, 0.6) is 0 Å². The molecule has 1 atom stereocenters. The summed E-state index contributed by atoms with van der Waals surface area (Å²) >= 11 is 5.98. The van der Waals surface area contributed by atoms with Crippen LogP contribution in [0.4, 0.5) is 0 Å². The number of amides is 2. The van der Waals surface area contributed by atoms with Gasteiger partial charge in [-0.1, -0.05) is 49.4 Å². The van der Waals surface area contributed by atoms with Crippen molar-refractivity contribution in [3.05, 3.63) is 35.2 Å². The van der Waals surface area contributed by atoms with E-state index in [9.17, 15) is 9.59 Å². The zero-order valence-corrected chi connectivity index (χ0v) is 20.8. The highest BCUT2D eigenvalue weighted by Gasteiger charge is 2.33. The van der Waals surface area contributed by atoms with Crippen molar-refractivity contribution in [1.82, 2.24) is 19.9 Å². The summed E-state index contributed by atoms with van der Waals surface area (Å²) in [5.41, 5.74) is 0.815. The first kappa shape index (κ1) is 24.7. The zero-order chi connectivity index (χ0) is 23.9. The zero-order valence-electron chi connectivity index (χ0n) is 20.0. The lowest BCUT2D eigenvalue weighted by Crippen LogP contribution is -2.46. The van der Waals surface area contributed by atoms with E-state index in [2.05, 4.69) is 10.1 Å². The summed E-state index contributed by atoms with van der Waals surface area (Å²) in [6, 6.07) is 7.01. The molecule has 1 aromatic heterocycles. The Bertz CT molecular complexity index is 955. The molecule has 2 heterocycles. The Morgan fingerprint density at radius 3 is 2.59 bits per heavy atom. The number of piperidine rings is 1. The van der Waals surface area contributed by atoms with Crippen molar-refractivity contribution in [3.8, 4) is 11.4 Å². The van der Waals surface area contributed by atoms with E-state index < -0.39 is 0 Å². The lowest BCUT2D eigenvalue weighted by molar-refractivity contribution is -0.143. The van der Waals surface area contributed by atoms with Gasteiger partial charge in [-0.05, 0) is 62.3 Å². The van der Waals surface area contributed by atoms with E-state index in [-0.39, 0.29) is 24.4 Å². The molecule has 0 N–H and O–H groups in total. The minimum atomic E-state index is -0.258. The molecule has 4 rings (SSSR count). The van der Waals surface area contributed by atoms with Gasteiger partial charge in [-0.2, -0.15) is 4.98 Å². The highest BCUT2D eigenvalue weighted by molar-refractivity contribution is 6.30. The lowest BCUT2D eigenvalue weighted by atomic mass is 10.0. The molecule has 0 bridgehead atoms. The minimum Gasteiger partial charge on any atom is -0.337 e. The number of halogens is 1. The molecule has 7 nitrogen and oxygen atoms in total. The van der Waals surface area contributed by atoms with E-state index >= 15 is 0 Å². The van der Waals surface area contributed by atoms with E-state index in [0.717, 1.165) is 37.7 Å². The summed E-state index contributed by atoms with van der Waals surface area (Å²) in [6.45, 7) is 3.40. The van der Waals surface area contributed by atoms with Crippen LogP contribution in [0.3, 0.4) is 0 Å². The van der Waals surface area contributed by atoms with Gasteiger partial charge in [0.2, 0.25) is 23.5 Å². The van der Waals surface area contributed by atoms with Gasteiger partial charge in [-0.25, -0.2) is 0 Å². The van der Waals surface area contributed by atoms with Gasteiger partial charge in [0, 0.05) is 30.1 Å². The average molecular weight is 487 g/mol. The molecule has 1 aromatic carbocycles. The molecule has 8 heteroatoms. The highest BCUT2D eigenvalue weighted by atomic mass is 35.5. The standard InChI is InChI=1S/C26H35ClN4O3/c1-2-16-30(23(32)15-10-19-7-3-4-8-19)18-24(33)31-17-6-5-9-22(31)26-28-25(29-34-26)20-11-13-21(27)14-12-20/h11-14,19,22H,2-10,15-18H2,1H3. The van der Waals surface area contributed by atoms with Crippen molar-refractivity contribution < 1.29 is 14.1 Å². The molecule has 1 unspecified atom stereocenters. The first-order valence-electron chi connectivity index (χ1n) is 12.7. The van der Waals surface area contributed by atoms with Crippen LogP contribution in [-0.4, -0.2) is 51.4 Å². The van der Waals surface area contributed by atoms with Crippen LogP contribution in [0.15, 0.2) is 28.8 Å². The van der Waals surface area contributed by atoms with Crippen molar-refractivity contribution in [2.75, 3.05) is 19.6 Å². The molecule has 2 amide bonds. The van der Waals surface area contributed by atoms with Crippen LogP contribution >= 0.6 is 11.6 Å². The van der Waals surface area contributed by atoms with Crippen LogP contribution in [-0.2, 0) is 9.59 Å². The Kier molecular flexibility index (Phi) is 8.59. The van der Waals surface area contributed by atoms with Gasteiger partial charge >= 0.3 is 0 Å². The number of nitrogens with zero attached hydrogens (tertiary/aromatic N) is 4. The number of hydrogen-bond acceptors (Lipinski definition) is 5. The number of rotatable bonds is 9. The Labute approximate surface area is 206 Å². The monoisotopic (exact) mass is 486 g/mol. The van der Waals surface area contributed by atoms with E-state index in [1.165, 1.54) is 25.7 Å². The smallest absolute Gasteiger partial charge is 0.249 e. The maximum atomic E-state index is 13.4. The number of likely N-dealkylation sites (tertiary alicyclic amines) is 1. The van der Waals surface area contributed by atoms with Gasteiger partial charge < -0.3 is 14.3 Å². The second-order valence-electron chi connectivity index (χ2n) is 9.57. The number of aromatic nitrogens is 2. The quantitative estimate of drug-likeness (QED) is 0.457. The van der Waals surface area contributed by atoms with Crippen LogP contribution in [0, 0.1) is 5.92 Å². The fraction of sp³-hybridized carbons (Fsp3) is 0.615. The fourth-order valence-electron chi connectivity index (χ4n) is 5.17.